The number of carbonyl (C=O) groups is 5. The molecule has 3 amide bonds. The number of hydrogen-bond acceptors (Lipinski definition) is 8. The third-order valence-corrected chi connectivity index (χ3v) is 6.10. The normalized spacial score (nSPS) is 14.0. The van der Waals surface area contributed by atoms with Gasteiger partial charge in [-0.25, -0.2) is 4.79 Å². The van der Waals surface area contributed by atoms with Crippen molar-refractivity contribution in [3.8, 4) is 0 Å². The number of carboxylic acid groups (broad SMARTS) is 2. The van der Waals surface area contributed by atoms with Crippen LogP contribution in [-0.4, -0.2) is 82.6 Å². The van der Waals surface area contributed by atoms with Gasteiger partial charge in [0.2, 0.25) is 17.7 Å². The van der Waals surface area contributed by atoms with Gasteiger partial charge in [-0.3, -0.25) is 19.2 Å². The smallest absolute Gasteiger partial charge is 0.326 e. The first kappa shape index (κ1) is 31.9. The lowest BCUT2D eigenvalue weighted by molar-refractivity contribution is -0.143. The Bertz CT molecular complexity index is 903. The first-order chi connectivity index (χ1) is 17.6. The van der Waals surface area contributed by atoms with E-state index in [4.69, 9.17) is 11.5 Å². The quantitative estimate of drug-likeness (QED) is 0.118. The Labute approximate surface area is 220 Å². The fourth-order valence-corrected chi connectivity index (χ4v) is 3.89. The van der Waals surface area contributed by atoms with Crippen molar-refractivity contribution in [3.05, 3.63) is 35.9 Å². The fourth-order valence-electron chi connectivity index (χ4n) is 3.42. The van der Waals surface area contributed by atoms with Gasteiger partial charge in [-0.1, -0.05) is 30.3 Å². The molecule has 4 unspecified atom stereocenters. The lowest BCUT2D eigenvalue weighted by Crippen LogP contribution is -2.57. The Morgan fingerprint density at radius 1 is 0.865 bits per heavy atom. The van der Waals surface area contributed by atoms with E-state index in [0.717, 1.165) is 5.56 Å². The van der Waals surface area contributed by atoms with Crippen molar-refractivity contribution in [3.63, 3.8) is 0 Å². The molecule has 0 radical (unpaired) electrons. The Hall–Kier alpha value is -3.16. The maximum atomic E-state index is 13.0. The van der Waals surface area contributed by atoms with Crippen LogP contribution in [0.5, 0.6) is 0 Å². The van der Waals surface area contributed by atoms with E-state index in [9.17, 15) is 34.2 Å². The van der Waals surface area contributed by atoms with Crippen LogP contribution < -0.4 is 27.4 Å². The zero-order valence-corrected chi connectivity index (χ0v) is 21.7. The number of unbranched alkanes of at least 4 members (excludes halogenated alkanes) is 1. The first-order valence-electron chi connectivity index (χ1n) is 11.9. The number of aliphatic carboxylic acids is 2. The summed E-state index contributed by atoms with van der Waals surface area (Å²) in [5, 5.41) is 26.0. The van der Waals surface area contributed by atoms with Crippen LogP contribution in [0, 0.1) is 0 Å². The molecular weight excluding hydrogens is 502 g/mol. The molecule has 206 valence electrons. The molecule has 9 N–H and O–H groups in total. The summed E-state index contributed by atoms with van der Waals surface area (Å²) in [6.07, 6.45) is 2.57. The minimum Gasteiger partial charge on any atom is -0.481 e. The molecule has 0 saturated carbocycles. The molecule has 1 aromatic rings. The third-order valence-electron chi connectivity index (χ3n) is 5.45. The second-order valence-electron chi connectivity index (χ2n) is 8.48. The number of nitrogens with two attached hydrogens (primary N) is 2. The number of benzene rings is 1. The molecule has 12 nitrogen and oxygen atoms in total. The van der Waals surface area contributed by atoms with Crippen molar-refractivity contribution in [1.29, 1.82) is 0 Å². The summed E-state index contributed by atoms with van der Waals surface area (Å²) in [6.45, 7) is 0.352. The van der Waals surface area contributed by atoms with Crippen molar-refractivity contribution in [1.82, 2.24) is 16.0 Å². The third kappa shape index (κ3) is 12.6. The average molecular weight is 540 g/mol. The topological polar surface area (TPSA) is 214 Å². The van der Waals surface area contributed by atoms with Crippen LogP contribution in [0.3, 0.4) is 0 Å². The molecule has 0 aliphatic carbocycles. The summed E-state index contributed by atoms with van der Waals surface area (Å²) in [7, 11) is 0. The maximum absolute atomic E-state index is 13.0. The van der Waals surface area contributed by atoms with Crippen LogP contribution in [0.2, 0.25) is 0 Å². The van der Waals surface area contributed by atoms with E-state index in [1.54, 1.807) is 30.5 Å². The van der Waals surface area contributed by atoms with E-state index in [0.29, 0.717) is 25.1 Å². The van der Waals surface area contributed by atoms with Gasteiger partial charge in [-0.2, -0.15) is 11.8 Å². The van der Waals surface area contributed by atoms with E-state index in [1.165, 1.54) is 11.8 Å². The largest absolute Gasteiger partial charge is 0.481 e. The Morgan fingerprint density at radius 3 is 2.03 bits per heavy atom. The second kappa shape index (κ2) is 17.3. The molecule has 37 heavy (non-hydrogen) atoms. The van der Waals surface area contributed by atoms with Gasteiger partial charge >= 0.3 is 11.9 Å². The van der Waals surface area contributed by atoms with E-state index in [2.05, 4.69) is 16.0 Å². The van der Waals surface area contributed by atoms with Gasteiger partial charge in [-0.05, 0) is 56.2 Å². The molecule has 4 atom stereocenters. The van der Waals surface area contributed by atoms with E-state index < -0.39 is 60.2 Å². The molecule has 0 bridgehead atoms. The van der Waals surface area contributed by atoms with Gasteiger partial charge in [0.25, 0.3) is 0 Å². The Morgan fingerprint density at radius 2 is 1.46 bits per heavy atom. The molecule has 0 fully saturated rings. The molecule has 0 saturated heterocycles. The van der Waals surface area contributed by atoms with Gasteiger partial charge in [0.05, 0.1) is 12.5 Å². The Balaban J connectivity index is 2.95. The van der Waals surface area contributed by atoms with Crippen molar-refractivity contribution < 1.29 is 34.2 Å². The zero-order valence-electron chi connectivity index (χ0n) is 20.9. The minimum atomic E-state index is -1.50. The van der Waals surface area contributed by atoms with E-state index >= 15 is 0 Å². The highest BCUT2D eigenvalue weighted by molar-refractivity contribution is 7.98. The SMILES string of the molecule is CSCCC(NC(=O)C(CCCCN)NC(=O)C(CC(=O)O)NC(=O)C(N)Cc1ccccc1)C(=O)O. The molecule has 0 heterocycles. The van der Waals surface area contributed by atoms with E-state index in [-0.39, 0.29) is 19.3 Å². The average Bonchev–Trinajstić information content (AvgIpc) is 2.85. The van der Waals surface area contributed by atoms with Crippen molar-refractivity contribution in [2.75, 3.05) is 18.6 Å². The molecule has 0 aliphatic rings. The van der Waals surface area contributed by atoms with Crippen molar-refractivity contribution in [2.24, 2.45) is 11.5 Å². The molecule has 1 rings (SSSR count). The summed E-state index contributed by atoms with van der Waals surface area (Å²) < 4.78 is 0. The monoisotopic (exact) mass is 539 g/mol. The molecule has 0 spiro atoms. The summed E-state index contributed by atoms with van der Waals surface area (Å²) in [6, 6.07) is 4.10. The van der Waals surface area contributed by atoms with Crippen LogP contribution >= 0.6 is 11.8 Å². The second-order valence-corrected chi connectivity index (χ2v) is 9.47. The standard InChI is InChI=1S/C24H37N5O7S/c1-37-12-10-18(24(35)36)28-22(33)17(9-5-6-11-25)27-23(34)19(14-20(30)31)29-21(32)16(26)13-15-7-3-2-4-8-15/h2-4,7-8,16-19H,5-6,9-14,25-26H2,1H3,(H,27,34)(H,28,33)(H,29,32)(H,30,31)(H,35,36). The lowest BCUT2D eigenvalue weighted by atomic mass is 10.0. The van der Waals surface area contributed by atoms with Gasteiger partial charge in [0.15, 0.2) is 0 Å². The molecular formula is C24H37N5O7S. The summed E-state index contributed by atoms with van der Waals surface area (Å²) >= 11 is 1.42. The minimum absolute atomic E-state index is 0.144. The van der Waals surface area contributed by atoms with Crippen molar-refractivity contribution >= 4 is 41.4 Å². The molecule has 13 heteroatoms. The highest BCUT2D eigenvalue weighted by Gasteiger charge is 2.31. The highest BCUT2D eigenvalue weighted by Crippen LogP contribution is 2.07. The van der Waals surface area contributed by atoms with E-state index in [1.807, 2.05) is 6.07 Å². The van der Waals surface area contributed by atoms with Gasteiger partial charge in [-0.15, -0.1) is 0 Å². The fraction of sp³-hybridized carbons (Fsp3) is 0.542. The van der Waals surface area contributed by atoms with Gasteiger partial charge in [0.1, 0.15) is 18.1 Å². The predicted molar refractivity (Wildman–Crippen MR) is 140 cm³/mol. The predicted octanol–water partition coefficient (Wildman–Crippen LogP) is -0.548. The number of hydrogen-bond donors (Lipinski definition) is 7. The number of carbonyl (C=O) groups excluding carboxylic acids is 3. The van der Waals surface area contributed by atoms with Crippen molar-refractivity contribution in [2.45, 2.75) is 62.7 Å². The first-order valence-corrected chi connectivity index (χ1v) is 13.3. The van der Waals surface area contributed by atoms with Crippen LogP contribution in [0.15, 0.2) is 30.3 Å². The van der Waals surface area contributed by atoms with Crippen LogP contribution in [-0.2, 0) is 30.4 Å². The number of thioether (sulfide) groups is 1. The highest BCUT2D eigenvalue weighted by atomic mass is 32.2. The summed E-state index contributed by atoms with van der Waals surface area (Å²) in [4.78, 5) is 61.4. The number of rotatable bonds is 18. The summed E-state index contributed by atoms with van der Waals surface area (Å²) in [5.41, 5.74) is 12.3. The van der Waals surface area contributed by atoms with Crippen LogP contribution in [0.25, 0.3) is 0 Å². The van der Waals surface area contributed by atoms with Gasteiger partial charge < -0.3 is 37.6 Å². The number of nitrogens with one attached hydrogen (secondary N) is 3. The van der Waals surface area contributed by atoms with Crippen LogP contribution in [0.4, 0.5) is 0 Å². The zero-order chi connectivity index (χ0) is 27.8. The number of carboxylic acids is 2. The molecule has 0 aliphatic heterocycles. The maximum Gasteiger partial charge on any atom is 0.326 e. The molecule has 1 aromatic carbocycles. The summed E-state index contributed by atoms with van der Waals surface area (Å²) in [5.74, 6) is -4.40. The molecule has 0 aromatic heterocycles. The van der Waals surface area contributed by atoms with Crippen LogP contribution in [0.1, 0.15) is 37.7 Å². The number of amides is 3. The van der Waals surface area contributed by atoms with Gasteiger partial charge in [0, 0.05) is 0 Å². The Kier molecular flexibility index (Phi) is 14.9. The lowest BCUT2D eigenvalue weighted by Gasteiger charge is -2.24.